The highest BCUT2D eigenvalue weighted by Gasteiger charge is 2.04. The minimum atomic E-state index is 0.00286. The average Bonchev–Trinajstić information content (AvgIpc) is 2.34. The average molecular weight is 245 g/mol. The van der Waals surface area contributed by atoms with E-state index in [1.165, 1.54) is 0 Å². The lowest BCUT2D eigenvalue weighted by Gasteiger charge is -2.07. The largest absolute Gasteiger partial charge is 0.352 e. The maximum absolute atomic E-state index is 11.8. The van der Waals surface area contributed by atoms with E-state index in [1.807, 2.05) is 24.3 Å². The first-order valence-electron chi connectivity index (χ1n) is 6.55. The maximum Gasteiger partial charge on any atom is 0.251 e. The summed E-state index contributed by atoms with van der Waals surface area (Å²) in [6.45, 7) is 9.17. The van der Waals surface area contributed by atoms with Crippen LogP contribution in [0.1, 0.15) is 43.6 Å². The lowest BCUT2D eigenvalue weighted by molar-refractivity contribution is 0.0949. The number of benzene rings is 1. The Morgan fingerprint density at radius 2 is 1.78 bits per heavy atom. The summed E-state index contributed by atoms with van der Waals surface area (Å²) < 4.78 is 0. The van der Waals surface area contributed by atoms with Crippen molar-refractivity contribution in [2.45, 2.75) is 27.7 Å². The van der Waals surface area contributed by atoms with Crippen molar-refractivity contribution in [3.8, 4) is 0 Å². The van der Waals surface area contributed by atoms with Crippen molar-refractivity contribution < 1.29 is 4.79 Å². The smallest absolute Gasteiger partial charge is 0.251 e. The first-order chi connectivity index (χ1) is 8.49. The summed E-state index contributed by atoms with van der Waals surface area (Å²) in [6.07, 6.45) is 4.23. The molecule has 2 nitrogen and oxygen atoms in total. The van der Waals surface area contributed by atoms with Gasteiger partial charge in [0.2, 0.25) is 0 Å². The fourth-order valence-electron chi connectivity index (χ4n) is 1.45. The van der Waals surface area contributed by atoms with Crippen molar-refractivity contribution in [3.05, 3.63) is 41.5 Å². The number of carbonyl (C=O) groups is 1. The number of nitrogens with one attached hydrogen (secondary N) is 1. The molecule has 1 N–H and O–H groups in total. The van der Waals surface area contributed by atoms with Crippen molar-refractivity contribution in [3.63, 3.8) is 0 Å². The molecule has 0 aliphatic carbocycles. The van der Waals surface area contributed by atoms with E-state index in [0.717, 1.165) is 11.1 Å². The third kappa shape index (κ3) is 5.17. The molecule has 0 aliphatic heterocycles. The number of rotatable bonds is 5. The topological polar surface area (TPSA) is 29.1 Å². The second kappa shape index (κ2) is 7.00. The highest BCUT2D eigenvalue weighted by Crippen LogP contribution is 2.08. The minimum Gasteiger partial charge on any atom is -0.352 e. The molecule has 0 heterocycles. The molecule has 2 heteroatoms. The maximum atomic E-state index is 11.8. The zero-order chi connectivity index (χ0) is 13.5. The first-order valence-corrected chi connectivity index (χ1v) is 6.55. The Hall–Kier alpha value is -1.57. The van der Waals surface area contributed by atoms with Crippen molar-refractivity contribution in [1.82, 2.24) is 5.32 Å². The molecule has 0 unspecified atom stereocenters. The summed E-state index contributed by atoms with van der Waals surface area (Å²) >= 11 is 0. The fraction of sp³-hybridized carbons (Fsp3) is 0.438. The Labute approximate surface area is 110 Å². The molecule has 0 spiro atoms. The van der Waals surface area contributed by atoms with Gasteiger partial charge in [-0.3, -0.25) is 4.79 Å². The highest BCUT2D eigenvalue weighted by atomic mass is 16.1. The van der Waals surface area contributed by atoms with Crippen LogP contribution < -0.4 is 5.32 Å². The molecule has 0 radical (unpaired) electrons. The van der Waals surface area contributed by atoms with E-state index in [1.54, 1.807) is 0 Å². The molecule has 1 amide bonds. The van der Waals surface area contributed by atoms with Gasteiger partial charge in [-0.2, -0.15) is 0 Å². The fourth-order valence-corrected chi connectivity index (χ4v) is 1.45. The van der Waals surface area contributed by atoms with Gasteiger partial charge >= 0.3 is 0 Å². The molecule has 0 saturated heterocycles. The molecular weight excluding hydrogens is 222 g/mol. The molecule has 98 valence electrons. The van der Waals surface area contributed by atoms with E-state index in [9.17, 15) is 4.79 Å². The van der Waals surface area contributed by atoms with Crippen LogP contribution in [0.3, 0.4) is 0 Å². The van der Waals surface area contributed by atoms with Crippen LogP contribution in [0.25, 0.3) is 6.08 Å². The summed E-state index contributed by atoms with van der Waals surface area (Å²) in [6, 6.07) is 7.69. The summed E-state index contributed by atoms with van der Waals surface area (Å²) in [5, 5.41) is 2.91. The summed E-state index contributed by atoms with van der Waals surface area (Å²) in [7, 11) is 0. The Morgan fingerprint density at radius 3 is 2.28 bits per heavy atom. The lowest BCUT2D eigenvalue weighted by Crippen LogP contribution is -2.27. The van der Waals surface area contributed by atoms with Crippen LogP contribution in [0.2, 0.25) is 0 Å². The number of amides is 1. The second-order valence-electron chi connectivity index (χ2n) is 5.33. The van der Waals surface area contributed by atoms with Crippen LogP contribution in [-0.4, -0.2) is 12.5 Å². The van der Waals surface area contributed by atoms with Crippen LogP contribution in [0.15, 0.2) is 30.3 Å². The van der Waals surface area contributed by atoms with Crippen LogP contribution in [0, 0.1) is 11.8 Å². The van der Waals surface area contributed by atoms with Gasteiger partial charge in [0.25, 0.3) is 5.91 Å². The van der Waals surface area contributed by atoms with E-state index in [4.69, 9.17) is 0 Å². The molecule has 0 aliphatic rings. The third-order valence-corrected chi connectivity index (χ3v) is 2.52. The van der Waals surface area contributed by atoms with Gasteiger partial charge in [0.05, 0.1) is 0 Å². The van der Waals surface area contributed by atoms with Crippen molar-refractivity contribution in [1.29, 1.82) is 0 Å². The number of carbonyl (C=O) groups excluding carboxylic acids is 1. The predicted molar refractivity (Wildman–Crippen MR) is 77.5 cm³/mol. The van der Waals surface area contributed by atoms with E-state index >= 15 is 0 Å². The lowest BCUT2D eigenvalue weighted by atomic mass is 10.1. The molecule has 0 atom stereocenters. The van der Waals surface area contributed by atoms with Crippen LogP contribution in [0.4, 0.5) is 0 Å². The Morgan fingerprint density at radius 1 is 1.17 bits per heavy atom. The molecule has 0 fully saturated rings. The Kier molecular flexibility index (Phi) is 5.63. The van der Waals surface area contributed by atoms with Gasteiger partial charge in [0.1, 0.15) is 0 Å². The molecule has 1 aromatic carbocycles. The quantitative estimate of drug-likeness (QED) is 0.841. The van der Waals surface area contributed by atoms with Gasteiger partial charge in [-0.15, -0.1) is 0 Å². The first kappa shape index (κ1) is 14.5. The normalized spacial score (nSPS) is 11.4. The van der Waals surface area contributed by atoms with Gasteiger partial charge in [-0.1, -0.05) is 52.0 Å². The number of hydrogen-bond acceptors (Lipinski definition) is 1. The van der Waals surface area contributed by atoms with Crippen molar-refractivity contribution in [2.75, 3.05) is 6.54 Å². The van der Waals surface area contributed by atoms with Crippen LogP contribution in [-0.2, 0) is 0 Å². The Bertz CT molecular complexity index is 402. The van der Waals surface area contributed by atoms with Gasteiger partial charge in [-0.05, 0) is 29.5 Å². The van der Waals surface area contributed by atoms with Crippen LogP contribution >= 0.6 is 0 Å². The van der Waals surface area contributed by atoms with Gasteiger partial charge < -0.3 is 5.32 Å². The molecule has 0 saturated carbocycles. The molecule has 0 bridgehead atoms. The summed E-state index contributed by atoms with van der Waals surface area (Å²) in [5.41, 5.74) is 1.85. The molecule has 1 rings (SSSR count). The van der Waals surface area contributed by atoms with E-state index in [-0.39, 0.29) is 5.91 Å². The number of allylic oxidation sites excluding steroid dienone is 1. The third-order valence-electron chi connectivity index (χ3n) is 2.52. The van der Waals surface area contributed by atoms with Crippen molar-refractivity contribution >= 4 is 12.0 Å². The zero-order valence-corrected chi connectivity index (χ0v) is 11.7. The van der Waals surface area contributed by atoms with E-state index < -0.39 is 0 Å². The molecular formula is C16H23NO. The van der Waals surface area contributed by atoms with E-state index in [2.05, 4.69) is 45.2 Å². The van der Waals surface area contributed by atoms with Crippen LogP contribution in [0.5, 0.6) is 0 Å². The summed E-state index contributed by atoms with van der Waals surface area (Å²) in [4.78, 5) is 11.8. The minimum absolute atomic E-state index is 0.00286. The summed E-state index contributed by atoms with van der Waals surface area (Å²) in [5.74, 6) is 1.02. The number of hydrogen-bond donors (Lipinski definition) is 1. The van der Waals surface area contributed by atoms with Gasteiger partial charge in [-0.25, -0.2) is 0 Å². The molecule has 0 aromatic heterocycles. The van der Waals surface area contributed by atoms with Gasteiger partial charge in [0.15, 0.2) is 0 Å². The van der Waals surface area contributed by atoms with E-state index in [0.29, 0.717) is 18.4 Å². The predicted octanol–water partition coefficient (Wildman–Crippen LogP) is 3.74. The standard InChI is InChI=1S/C16H23NO/c1-12(2)5-6-14-7-9-15(10-8-14)16(18)17-11-13(3)4/h5-10,12-13H,11H2,1-4H3,(H,17,18)/b6-5+. The highest BCUT2D eigenvalue weighted by molar-refractivity contribution is 5.94. The Balaban J connectivity index is 2.62. The van der Waals surface area contributed by atoms with Gasteiger partial charge in [0, 0.05) is 12.1 Å². The molecule has 1 aromatic rings. The van der Waals surface area contributed by atoms with Crippen molar-refractivity contribution in [2.24, 2.45) is 11.8 Å². The zero-order valence-electron chi connectivity index (χ0n) is 11.7. The molecule has 18 heavy (non-hydrogen) atoms. The SMILES string of the molecule is CC(C)/C=C/c1ccc(C(=O)NCC(C)C)cc1. The second-order valence-corrected chi connectivity index (χ2v) is 5.33. The monoisotopic (exact) mass is 245 g/mol.